The topological polar surface area (TPSA) is 64.6 Å². The van der Waals surface area contributed by atoms with Crippen LogP contribution in [0.1, 0.15) is 51.7 Å². The molecule has 1 unspecified atom stereocenters. The van der Waals surface area contributed by atoms with Crippen LogP contribution in [0.5, 0.6) is 5.75 Å². The van der Waals surface area contributed by atoms with Crippen LogP contribution in [0.15, 0.2) is 18.2 Å². The summed E-state index contributed by atoms with van der Waals surface area (Å²) >= 11 is 0. The molecular formula is C19H29NO4. The molecule has 0 heterocycles. The highest BCUT2D eigenvalue weighted by Crippen LogP contribution is 2.32. The van der Waals surface area contributed by atoms with Gasteiger partial charge >= 0.3 is 5.97 Å². The van der Waals surface area contributed by atoms with Crippen LogP contribution in [0.25, 0.3) is 0 Å². The normalized spacial score (nSPS) is 12.4. The van der Waals surface area contributed by atoms with Crippen LogP contribution in [0.4, 0.5) is 0 Å². The van der Waals surface area contributed by atoms with Gasteiger partial charge in [0.2, 0.25) is 0 Å². The van der Waals surface area contributed by atoms with E-state index in [2.05, 4.69) is 36.9 Å². The van der Waals surface area contributed by atoms with Crippen molar-refractivity contribution in [3.8, 4) is 5.75 Å². The molecule has 0 saturated carbocycles. The molecule has 1 N–H and O–H groups in total. The van der Waals surface area contributed by atoms with Gasteiger partial charge in [-0.25, -0.2) is 0 Å². The van der Waals surface area contributed by atoms with Crippen LogP contribution in [-0.4, -0.2) is 31.6 Å². The molecule has 1 rings (SSSR count). The molecule has 0 aliphatic carbocycles. The van der Waals surface area contributed by atoms with Gasteiger partial charge in [0.1, 0.15) is 5.75 Å². The lowest BCUT2D eigenvalue weighted by molar-refractivity contribution is -0.141. The number of esters is 1. The van der Waals surface area contributed by atoms with Gasteiger partial charge in [-0.15, -0.1) is 0 Å². The van der Waals surface area contributed by atoms with Gasteiger partial charge < -0.3 is 14.8 Å². The van der Waals surface area contributed by atoms with E-state index in [1.54, 1.807) is 0 Å². The van der Waals surface area contributed by atoms with Crippen molar-refractivity contribution in [3.05, 3.63) is 29.3 Å². The van der Waals surface area contributed by atoms with Crippen molar-refractivity contribution >= 4 is 11.9 Å². The van der Waals surface area contributed by atoms with Gasteiger partial charge in [0.25, 0.3) is 5.91 Å². The van der Waals surface area contributed by atoms with Crippen molar-refractivity contribution in [1.29, 1.82) is 0 Å². The van der Waals surface area contributed by atoms with Crippen LogP contribution in [0, 0.1) is 6.92 Å². The van der Waals surface area contributed by atoms with E-state index in [0.717, 1.165) is 11.1 Å². The number of hydrogen-bond donors (Lipinski definition) is 1. The van der Waals surface area contributed by atoms with Crippen molar-refractivity contribution in [2.45, 2.75) is 58.9 Å². The van der Waals surface area contributed by atoms with Crippen LogP contribution in [0.2, 0.25) is 0 Å². The maximum absolute atomic E-state index is 12.1. The Labute approximate surface area is 144 Å². The first-order valence-corrected chi connectivity index (χ1v) is 8.27. The van der Waals surface area contributed by atoms with E-state index in [0.29, 0.717) is 12.2 Å². The van der Waals surface area contributed by atoms with Gasteiger partial charge in [-0.1, -0.05) is 45.4 Å². The number of methoxy groups -OCH3 is 1. The van der Waals surface area contributed by atoms with Crippen molar-refractivity contribution < 1.29 is 19.1 Å². The maximum Gasteiger partial charge on any atom is 0.307 e. The average Bonchev–Trinajstić information content (AvgIpc) is 2.51. The molecule has 0 aliphatic heterocycles. The highest BCUT2D eigenvalue weighted by molar-refractivity contribution is 5.79. The van der Waals surface area contributed by atoms with Gasteiger partial charge in [-0.2, -0.15) is 0 Å². The third kappa shape index (κ3) is 6.22. The zero-order valence-corrected chi connectivity index (χ0v) is 15.6. The van der Waals surface area contributed by atoms with Crippen molar-refractivity contribution in [1.82, 2.24) is 5.32 Å². The number of hydrogen-bond acceptors (Lipinski definition) is 4. The lowest BCUT2D eigenvalue weighted by atomic mass is 9.85. The summed E-state index contributed by atoms with van der Waals surface area (Å²) in [5.74, 6) is 0.132. The summed E-state index contributed by atoms with van der Waals surface area (Å²) in [7, 11) is 1.34. The van der Waals surface area contributed by atoms with Gasteiger partial charge in [0.15, 0.2) is 6.61 Å². The lowest BCUT2D eigenvalue weighted by Gasteiger charge is -2.23. The number of carbonyl (C=O) groups is 2. The van der Waals surface area contributed by atoms with Gasteiger partial charge in [0.05, 0.1) is 13.5 Å². The van der Waals surface area contributed by atoms with E-state index >= 15 is 0 Å². The zero-order valence-electron chi connectivity index (χ0n) is 15.6. The van der Waals surface area contributed by atoms with Gasteiger partial charge in [-0.3, -0.25) is 9.59 Å². The summed E-state index contributed by atoms with van der Waals surface area (Å²) in [5, 5.41) is 2.81. The summed E-state index contributed by atoms with van der Waals surface area (Å²) < 4.78 is 10.4. The monoisotopic (exact) mass is 335 g/mol. The first kappa shape index (κ1) is 20.0. The highest BCUT2D eigenvalue weighted by atomic mass is 16.5. The predicted molar refractivity (Wildman–Crippen MR) is 94.2 cm³/mol. The number of nitrogens with one attached hydrogen (secondary N) is 1. The van der Waals surface area contributed by atoms with Crippen molar-refractivity contribution in [3.63, 3.8) is 0 Å². The Morgan fingerprint density at radius 1 is 1.25 bits per heavy atom. The molecule has 0 aromatic heterocycles. The fourth-order valence-electron chi connectivity index (χ4n) is 2.35. The Morgan fingerprint density at radius 2 is 1.92 bits per heavy atom. The molecule has 5 heteroatoms. The summed E-state index contributed by atoms with van der Waals surface area (Å²) in [6.45, 7) is 10.2. The fraction of sp³-hybridized carbons (Fsp3) is 0.579. The highest BCUT2D eigenvalue weighted by Gasteiger charge is 2.20. The third-order valence-corrected chi connectivity index (χ3v) is 3.80. The third-order valence-electron chi connectivity index (χ3n) is 3.80. The molecule has 0 bridgehead atoms. The minimum Gasteiger partial charge on any atom is -0.483 e. The van der Waals surface area contributed by atoms with E-state index in [1.165, 1.54) is 7.11 Å². The Hall–Kier alpha value is -2.04. The SMILES string of the molecule is CCC(CC(=O)OC)NC(=O)COc1ccc(C)cc1C(C)(C)C. The summed E-state index contributed by atoms with van der Waals surface area (Å²) in [6, 6.07) is 5.71. The number of aryl methyl sites for hydroxylation is 1. The Morgan fingerprint density at radius 3 is 2.46 bits per heavy atom. The second-order valence-corrected chi connectivity index (χ2v) is 6.99. The van der Waals surface area contributed by atoms with E-state index < -0.39 is 0 Å². The molecule has 1 amide bonds. The molecule has 0 aliphatic rings. The molecule has 134 valence electrons. The Bertz CT molecular complexity index is 575. The quantitative estimate of drug-likeness (QED) is 0.778. The fourth-order valence-corrected chi connectivity index (χ4v) is 2.35. The van der Waals surface area contributed by atoms with Crippen molar-refractivity contribution in [2.24, 2.45) is 0 Å². The molecule has 1 aromatic rings. The molecular weight excluding hydrogens is 306 g/mol. The number of rotatable bonds is 7. The average molecular weight is 335 g/mol. The molecule has 0 saturated heterocycles. The number of amides is 1. The maximum atomic E-state index is 12.1. The summed E-state index contributed by atoms with van der Waals surface area (Å²) in [6.07, 6.45) is 0.815. The van der Waals surface area contributed by atoms with Crippen LogP contribution < -0.4 is 10.1 Å². The van der Waals surface area contributed by atoms with E-state index in [4.69, 9.17) is 4.74 Å². The first-order chi connectivity index (χ1) is 11.2. The summed E-state index contributed by atoms with van der Waals surface area (Å²) in [5.41, 5.74) is 2.15. The van der Waals surface area contributed by atoms with Crippen LogP contribution in [0.3, 0.4) is 0 Å². The van der Waals surface area contributed by atoms with Gasteiger partial charge in [0, 0.05) is 6.04 Å². The molecule has 0 fully saturated rings. The van der Waals surface area contributed by atoms with Crippen LogP contribution in [-0.2, 0) is 19.7 Å². The van der Waals surface area contributed by atoms with Gasteiger partial charge in [-0.05, 0) is 30.4 Å². The molecule has 1 aromatic carbocycles. The Kier molecular flexibility index (Phi) is 7.26. The minimum atomic E-state index is -0.336. The van der Waals surface area contributed by atoms with Crippen LogP contribution >= 0.6 is 0 Å². The molecule has 24 heavy (non-hydrogen) atoms. The lowest BCUT2D eigenvalue weighted by Crippen LogP contribution is -2.39. The van der Waals surface area contributed by atoms with Crippen molar-refractivity contribution in [2.75, 3.05) is 13.7 Å². The zero-order chi connectivity index (χ0) is 18.3. The number of ether oxygens (including phenoxy) is 2. The van der Waals surface area contributed by atoms with E-state index in [9.17, 15) is 9.59 Å². The molecule has 1 atom stereocenters. The largest absolute Gasteiger partial charge is 0.483 e. The Balaban J connectivity index is 2.69. The summed E-state index contributed by atoms with van der Waals surface area (Å²) in [4.78, 5) is 23.4. The minimum absolute atomic E-state index is 0.0747. The predicted octanol–water partition coefficient (Wildman–Crippen LogP) is 3.13. The van der Waals surface area contributed by atoms with E-state index in [-0.39, 0.29) is 36.4 Å². The first-order valence-electron chi connectivity index (χ1n) is 8.27. The number of carbonyl (C=O) groups excluding carboxylic acids is 2. The number of benzene rings is 1. The second-order valence-electron chi connectivity index (χ2n) is 6.99. The molecule has 0 radical (unpaired) electrons. The molecule has 0 spiro atoms. The van der Waals surface area contributed by atoms with E-state index in [1.807, 2.05) is 26.0 Å². The molecule has 5 nitrogen and oxygen atoms in total. The smallest absolute Gasteiger partial charge is 0.307 e. The second kappa shape index (κ2) is 8.71. The standard InChI is InChI=1S/C19H29NO4/c1-7-14(11-18(22)23-6)20-17(21)12-24-16-9-8-13(2)10-15(16)19(3,4)5/h8-10,14H,7,11-12H2,1-6H3,(H,20,21).